The van der Waals surface area contributed by atoms with E-state index in [-0.39, 0.29) is 17.8 Å². The van der Waals surface area contributed by atoms with E-state index in [4.69, 9.17) is 14.3 Å². The third kappa shape index (κ3) is 5.12. The van der Waals surface area contributed by atoms with Gasteiger partial charge in [-0.2, -0.15) is 0 Å². The fraction of sp³-hybridized carbons (Fsp3) is 0.667. The smallest absolute Gasteiger partial charge is 0.198 e. The first-order valence-electron chi connectivity index (χ1n) is 11.1. The second-order valence-electron chi connectivity index (χ2n) is 8.69. The zero-order valence-electron chi connectivity index (χ0n) is 18.3. The summed E-state index contributed by atoms with van der Waals surface area (Å²) in [4.78, 5) is 18.7. The molecule has 29 heavy (non-hydrogen) atoms. The molecule has 1 aliphatic carbocycles. The summed E-state index contributed by atoms with van der Waals surface area (Å²) in [5, 5.41) is 4.29. The van der Waals surface area contributed by atoms with Crippen LogP contribution < -0.4 is 9.47 Å². The van der Waals surface area contributed by atoms with E-state index in [9.17, 15) is 4.79 Å². The van der Waals surface area contributed by atoms with Crippen LogP contribution >= 0.6 is 0 Å². The Balaban J connectivity index is 1.69. The quantitative estimate of drug-likeness (QED) is 0.473. The zero-order valence-corrected chi connectivity index (χ0v) is 18.3. The molecule has 1 aromatic carbocycles. The van der Waals surface area contributed by atoms with Gasteiger partial charge in [-0.15, -0.1) is 0 Å². The number of nitrogens with zero attached hydrogens (tertiary/aromatic N) is 1. The number of unbranched alkanes of at least 4 members (excludes halogenated alkanes) is 2. The summed E-state index contributed by atoms with van der Waals surface area (Å²) in [6.45, 7) is 6.04. The molecule has 1 saturated carbocycles. The number of carbonyl (C=O) groups excluding carboxylic acids is 1. The largest absolute Gasteiger partial charge is 0.493 e. The molecule has 1 heterocycles. The molecule has 2 aliphatic rings. The maximum atomic E-state index is 13.0. The predicted molar refractivity (Wildman–Crippen MR) is 115 cm³/mol. The number of hydrogen-bond donors (Lipinski definition) is 0. The maximum absolute atomic E-state index is 13.0. The molecule has 1 fully saturated rings. The van der Waals surface area contributed by atoms with Crippen LogP contribution in [0.15, 0.2) is 23.4 Å². The lowest BCUT2D eigenvalue weighted by molar-refractivity contribution is -0.143. The third-order valence-electron chi connectivity index (χ3n) is 6.16. The minimum Gasteiger partial charge on any atom is -0.493 e. The minimum atomic E-state index is -0.882. The minimum absolute atomic E-state index is 0.0155. The summed E-state index contributed by atoms with van der Waals surface area (Å²) in [6, 6.07) is 5.84. The Morgan fingerprint density at radius 3 is 2.72 bits per heavy atom. The van der Waals surface area contributed by atoms with E-state index < -0.39 is 5.60 Å². The van der Waals surface area contributed by atoms with E-state index in [1.165, 1.54) is 12.8 Å². The Hall–Kier alpha value is -2.04. The van der Waals surface area contributed by atoms with Crippen molar-refractivity contribution in [3.63, 3.8) is 0 Å². The molecule has 2 unspecified atom stereocenters. The van der Waals surface area contributed by atoms with Crippen LogP contribution in [0.2, 0.25) is 0 Å². The summed E-state index contributed by atoms with van der Waals surface area (Å²) >= 11 is 0. The topological polar surface area (TPSA) is 57.1 Å². The average molecular weight is 402 g/mol. The van der Waals surface area contributed by atoms with Gasteiger partial charge in [-0.05, 0) is 57.2 Å². The fourth-order valence-corrected chi connectivity index (χ4v) is 4.31. The van der Waals surface area contributed by atoms with Gasteiger partial charge in [0.15, 0.2) is 22.9 Å². The van der Waals surface area contributed by atoms with Gasteiger partial charge in [-0.1, -0.05) is 38.3 Å². The van der Waals surface area contributed by atoms with E-state index in [0.29, 0.717) is 6.42 Å². The number of oxime groups is 1. The number of methoxy groups -OCH3 is 1. The van der Waals surface area contributed by atoms with Crippen LogP contribution in [0.4, 0.5) is 0 Å². The van der Waals surface area contributed by atoms with Gasteiger partial charge in [0.1, 0.15) is 0 Å². The van der Waals surface area contributed by atoms with Crippen LogP contribution in [0.1, 0.15) is 84.1 Å². The number of carbonyl (C=O) groups is 1. The van der Waals surface area contributed by atoms with Crippen molar-refractivity contribution >= 4 is 11.5 Å². The lowest BCUT2D eigenvalue weighted by Crippen LogP contribution is -2.39. The highest BCUT2D eigenvalue weighted by atomic mass is 16.7. The highest BCUT2D eigenvalue weighted by Crippen LogP contribution is 2.36. The molecule has 0 amide bonds. The number of Topliss-reactive ketones (excluding diaryl/α,β-unsaturated/α-hetero) is 1. The van der Waals surface area contributed by atoms with Crippen LogP contribution in [0.3, 0.4) is 0 Å². The van der Waals surface area contributed by atoms with Crippen molar-refractivity contribution in [3.8, 4) is 11.5 Å². The van der Waals surface area contributed by atoms with Crippen molar-refractivity contribution in [3.05, 3.63) is 23.8 Å². The first kappa shape index (κ1) is 21.7. The molecule has 1 aliphatic heterocycles. The molecule has 5 nitrogen and oxygen atoms in total. The van der Waals surface area contributed by atoms with E-state index in [1.807, 2.05) is 32.0 Å². The van der Waals surface area contributed by atoms with Crippen molar-refractivity contribution in [2.24, 2.45) is 11.1 Å². The van der Waals surface area contributed by atoms with E-state index in [1.54, 1.807) is 7.11 Å². The Morgan fingerprint density at radius 1 is 1.28 bits per heavy atom. The molecule has 0 saturated heterocycles. The Bertz CT molecular complexity index is 738. The number of ether oxygens (including phenoxy) is 2. The van der Waals surface area contributed by atoms with E-state index in [0.717, 1.165) is 61.3 Å². The van der Waals surface area contributed by atoms with Crippen LogP contribution in [-0.4, -0.2) is 30.3 Å². The Kier molecular flexibility index (Phi) is 7.20. The molecule has 160 valence electrons. The summed E-state index contributed by atoms with van der Waals surface area (Å²) < 4.78 is 11.7. The lowest BCUT2D eigenvalue weighted by atomic mass is 9.84. The monoisotopic (exact) mass is 401 g/mol. The van der Waals surface area contributed by atoms with Crippen LogP contribution in [0, 0.1) is 5.92 Å². The second-order valence-corrected chi connectivity index (χ2v) is 8.69. The van der Waals surface area contributed by atoms with Gasteiger partial charge < -0.3 is 14.3 Å². The van der Waals surface area contributed by atoms with Crippen molar-refractivity contribution in [1.29, 1.82) is 0 Å². The molecular formula is C24H35NO4. The second kappa shape index (κ2) is 9.64. The molecule has 0 radical (unpaired) electrons. The van der Waals surface area contributed by atoms with Crippen molar-refractivity contribution in [2.45, 2.75) is 90.3 Å². The Morgan fingerprint density at radius 2 is 2.03 bits per heavy atom. The molecule has 5 heteroatoms. The standard InChI is InChI=1S/C24H35NO4/c1-5-6-7-10-17(2)23(26)24(3)16-20(25-29-24)18-13-14-21(27-4)22(15-18)28-19-11-8-9-12-19/h13-15,17,19H,5-12,16H2,1-4H3. The van der Waals surface area contributed by atoms with Crippen LogP contribution in [0.25, 0.3) is 0 Å². The molecule has 0 aromatic heterocycles. The number of hydrogen-bond acceptors (Lipinski definition) is 5. The van der Waals surface area contributed by atoms with Crippen molar-refractivity contribution in [2.75, 3.05) is 7.11 Å². The van der Waals surface area contributed by atoms with Crippen molar-refractivity contribution < 1.29 is 19.1 Å². The summed E-state index contributed by atoms with van der Waals surface area (Å²) in [5.41, 5.74) is 0.836. The van der Waals surface area contributed by atoms with Gasteiger partial charge in [-0.3, -0.25) is 4.79 Å². The molecule has 0 spiro atoms. The Labute approximate surface area is 174 Å². The third-order valence-corrected chi connectivity index (χ3v) is 6.16. The highest BCUT2D eigenvalue weighted by Gasteiger charge is 2.43. The van der Waals surface area contributed by atoms with Gasteiger partial charge >= 0.3 is 0 Å². The van der Waals surface area contributed by atoms with Crippen molar-refractivity contribution in [1.82, 2.24) is 0 Å². The molecule has 0 bridgehead atoms. The number of benzene rings is 1. The fourth-order valence-electron chi connectivity index (χ4n) is 4.31. The van der Waals surface area contributed by atoms with Gasteiger partial charge in [0.25, 0.3) is 0 Å². The first-order chi connectivity index (χ1) is 14.0. The van der Waals surface area contributed by atoms with Gasteiger partial charge in [0.2, 0.25) is 0 Å². The number of rotatable bonds is 10. The molecule has 2 atom stereocenters. The summed E-state index contributed by atoms with van der Waals surface area (Å²) in [7, 11) is 1.66. The molecule has 3 rings (SSSR count). The molecular weight excluding hydrogens is 366 g/mol. The summed E-state index contributed by atoms with van der Waals surface area (Å²) in [6.07, 6.45) is 9.62. The van der Waals surface area contributed by atoms with E-state index >= 15 is 0 Å². The van der Waals surface area contributed by atoms with Gasteiger partial charge in [0.05, 0.1) is 18.9 Å². The zero-order chi connectivity index (χ0) is 20.9. The lowest BCUT2D eigenvalue weighted by Gasteiger charge is -2.23. The molecule has 1 aromatic rings. The van der Waals surface area contributed by atoms with Gasteiger partial charge in [0, 0.05) is 17.9 Å². The average Bonchev–Trinajstić information content (AvgIpc) is 3.38. The predicted octanol–water partition coefficient (Wildman–Crippen LogP) is 5.69. The number of ketones is 1. The highest BCUT2D eigenvalue weighted by molar-refractivity contribution is 6.06. The first-order valence-corrected chi connectivity index (χ1v) is 11.1. The van der Waals surface area contributed by atoms with Crippen LogP contribution in [-0.2, 0) is 9.63 Å². The van der Waals surface area contributed by atoms with E-state index in [2.05, 4.69) is 12.1 Å². The normalized spacial score (nSPS) is 22.8. The maximum Gasteiger partial charge on any atom is 0.198 e. The SMILES string of the molecule is CCCCCC(C)C(=O)C1(C)CC(c2ccc(OC)c(OC3CCCC3)c2)=NO1. The summed E-state index contributed by atoms with van der Waals surface area (Å²) in [5.74, 6) is 1.59. The molecule has 0 N–H and O–H groups in total. The van der Waals surface area contributed by atoms with Gasteiger partial charge in [-0.25, -0.2) is 0 Å². The van der Waals surface area contributed by atoms with Crippen LogP contribution in [0.5, 0.6) is 11.5 Å².